The summed E-state index contributed by atoms with van der Waals surface area (Å²) in [6.07, 6.45) is 0.547. The van der Waals surface area contributed by atoms with Crippen molar-refractivity contribution in [2.24, 2.45) is 5.73 Å². The van der Waals surface area contributed by atoms with Crippen LogP contribution in [0.25, 0.3) is 0 Å². The van der Waals surface area contributed by atoms with Crippen LogP contribution in [-0.4, -0.2) is 23.0 Å². The van der Waals surface area contributed by atoms with Crippen LogP contribution in [0.1, 0.15) is 18.9 Å². The molecule has 0 fully saturated rings. The number of hydrogen-bond donors (Lipinski definition) is 3. The molecule has 92 valence electrons. The van der Waals surface area contributed by atoms with Crippen LogP contribution >= 0.6 is 0 Å². The second-order valence-corrected chi connectivity index (χ2v) is 3.77. The van der Waals surface area contributed by atoms with Crippen LogP contribution in [0.2, 0.25) is 0 Å². The molecule has 1 aromatic carbocycles. The standard InChI is InChI=1S/C12H16N2O3/c1-2-10(13)12(17)14-9-5-3-8(4-6-9)7-11(15)16/h3-6,10H,2,7,13H2,1H3,(H,14,17)(H,15,16)/t10-/m0/s1. The molecular formula is C12H16N2O3. The van der Waals surface area contributed by atoms with Gasteiger partial charge >= 0.3 is 5.97 Å². The first-order valence-electron chi connectivity index (χ1n) is 5.40. The molecule has 0 aromatic heterocycles. The molecule has 0 spiro atoms. The molecule has 1 aromatic rings. The minimum Gasteiger partial charge on any atom is -0.481 e. The van der Waals surface area contributed by atoms with Crippen molar-refractivity contribution in [2.75, 3.05) is 5.32 Å². The quantitative estimate of drug-likeness (QED) is 0.710. The van der Waals surface area contributed by atoms with Crippen molar-refractivity contribution >= 4 is 17.6 Å². The van der Waals surface area contributed by atoms with Gasteiger partial charge in [-0.2, -0.15) is 0 Å². The number of aliphatic carboxylic acids is 1. The summed E-state index contributed by atoms with van der Waals surface area (Å²) in [5.41, 5.74) is 6.88. The van der Waals surface area contributed by atoms with Gasteiger partial charge in [-0.3, -0.25) is 9.59 Å². The van der Waals surface area contributed by atoms with Gasteiger partial charge in [0.15, 0.2) is 0 Å². The topological polar surface area (TPSA) is 92.4 Å². The van der Waals surface area contributed by atoms with Gasteiger partial charge in [-0.15, -0.1) is 0 Å². The number of carbonyl (C=O) groups is 2. The molecular weight excluding hydrogens is 220 g/mol. The highest BCUT2D eigenvalue weighted by atomic mass is 16.4. The molecule has 0 unspecified atom stereocenters. The zero-order valence-corrected chi connectivity index (χ0v) is 9.64. The Balaban J connectivity index is 2.62. The number of carboxylic acids is 1. The lowest BCUT2D eigenvalue weighted by molar-refractivity contribution is -0.136. The number of carboxylic acid groups (broad SMARTS) is 1. The molecule has 1 amide bonds. The van der Waals surface area contributed by atoms with Crippen LogP contribution in [0.5, 0.6) is 0 Å². The van der Waals surface area contributed by atoms with Gasteiger partial charge in [0.2, 0.25) is 5.91 Å². The van der Waals surface area contributed by atoms with E-state index in [1.54, 1.807) is 24.3 Å². The number of nitrogens with one attached hydrogen (secondary N) is 1. The Morgan fingerprint density at radius 1 is 1.35 bits per heavy atom. The summed E-state index contributed by atoms with van der Waals surface area (Å²) >= 11 is 0. The normalized spacial score (nSPS) is 11.9. The number of anilines is 1. The Hall–Kier alpha value is -1.88. The van der Waals surface area contributed by atoms with Crippen molar-refractivity contribution in [1.82, 2.24) is 0 Å². The lowest BCUT2D eigenvalue weighted by Gasteiger charge is -2.10. The first-order chi connectivity index (χ1) is 8.02. The number of carbonyl (C=O) groups excluding carboxylic acids is 1. The first-order valence-corrected chi connectivity index (χ1v) is 5.40. The number of benzene rings is 1. The molecule has 0 bridgehead atoms. The summed E-state index contributed by atoms with van der Waals surface area (Å²) in [7, 11) is 0. The summed E-state index contributed by atoms with van der Waals surface area (Å²) in [5, 5.41) is 11.3. The molecule has 0 aliphatic heterocycles. The molecule has 0 aliphatic rings. The number of nitrogens with two attached hydrogens (primary N) is 1. The second kappa shape index (κ2) is 6.00. The van der Waals surface area contributed by atoms with E-state index in [1.807, 2.05) is 6.92 Å². The van der Waals surface area contributed by atoms with Crippen LogP contribution < -0.4 is 11.1 Å². The fourth-order valence-electron chi connectivity index (χ4n) is 1.30. The Morgan fingerprint density at radius 3 is 2.41 bits per heavy atom. The average molecular weight is 236 g/mol. The summed E-state index contributed by atoms with van der Waals surface area (Å²) < 4.78 is 0. The molecule has 0 aliphatic carbocycles. The van der Waals surface area contributed by atoms with Crippen molar-refractivity contribution in [3.63, 3.8) is 0 Å². The van der Waals surface area contributed by atoms with Gasteiger partial charge in [0.05, 0.1) is 12.5 Å². The SMILES string of the molecule is CC[C@H](N)C(=O)Nc1ccc(CC(=O)O)cc1. The minimum atomic E-state index is -0.880. The minimum absolute atomic E-state index is 0.0251. The molecule has 17 heavy (non-hydrogen) atoms. The molecule has 1 rings (SSSR count). The highest BCUT2D eigenvalue weighted by molar-refractivity contribution is 5.94. The predicted molar refractivity (Wildman–Crippen MR) is 64.7 cm³/mol. The Morgan fingerprint density at radius 2 is 1.94 bits per heavy atom. The maximum Gasteiger partial charge on any atom is 0.307 e. The molecule has 0 radical (unpaired) electrons. The number of hydrogen-bond acceptors (Lipinski definition) is 3. The van der Waals surface area contributed by atoms with Crippen LogP contribution in [-0.2, 0) is 16.0 Å². The van der Waals surface area contributed by atoms with Crippen LogP contribution in [0, 0.1) is 0 Å². The molecule has 5 heteroatoms. The third-order valence-electron chi connectivity index (χ3n) is 2.35. The van der Waals surface area contributed by atoms with Crippen LogP contribution in [0.15, 0.2) is 24.3 Å². The molecule has 0 saturated carbocycles. The highest BCUT2D eigenvalue weighted by Crippen LogP contribution is 2.10. The summed E-state index contributed by atoms with van der Waals surface area (Å²) in [6.45, 7) is 1.83. The molecule has 1 atom stereocenters. The van der Waals surface area contributed by atoms with Crippen molar-refractivity contribution in [3.05, 3.63) is 29.8 Å². The van der Waals surface area contributed by atoms with Crippen molar-refractivity contribution in [3.8, 4) is 0 Å². The van der Waals surface area contributed by atoms with Gasteiger partial charge in [-0.1, -0.05) is 19.1 Å². The van der Waals surface area contributed by atoms with E-state index in [0.717, 1.165) is 0 Å². The van der Waals surface area contributed by atoms with E-state index in [-0.39, 0.29) is 12.3 Å². The average Bonchev–Trinajstić information content (AvgIpc) is 2.30. The molecule has 5 nitrogen and oxygen atoms in total. The third kappa shape index (κ3) is 4.24. The van der Waals surface area contributed by atoms with Crippen molar-refractivity contribution < 1.29 is 14.7 Å². The molecule has 0 saturated heterocycles. The first kappa shape index (κ1) is 13.2. The van der Waals surface area contributed by atoms with E-state index in [0.29, 0.717) is 17.7 Å². The Labute approximate surface area is 99.6 Å². The summed E-state index contributed by atoms with van der Waals surface area (Å²) in [5.74, 6) is -1.12. The summed E-state index contributed by atoms with van der Waals surface area (Å²) in [4.78, 5) is 21.9. The smallest absolute Gasteiger partial charge is 0.307 e. The van der Waals surface area contributed by atoms with Crippen molar-refractivity contribution in [2.45, 2.75) is 25.8 Å². The maximum atomic E-state index is 11.5. The van der Waals surface area contributed by atoms with E-state index >= 15 is 0 Å². The predicted octanol–water partition coefficient (Wildman–Crippen LogP) is 0.989. The van der Waals surface area contributed by atoms with E-state index in [1.165, 1.54) is 0 Å². The third-order valence-corrected chi connectivity index (χ3v) is 2.35. The fourth-order valence-corrected chi connectivity index (χ4v) is 1.30. The summed E-state index contributed by atoms with van der Waals surface area (Å²) in [6, 6.07) is 6.15. The van der Waals surface area contributed by atoms with Gasteiger partial charge in [0, 0.05) is 5.69 Å². The van der Waals surface area contributed by atoms with Gasteiger partial charge in [0.25, 0.3) is 0 Å². The van der Waals surface area contributed by atoms with Crippen LogP contribution in [0.4, 0.5) is 5.69 Å². The zero-order valence-electron chi connectivity index (χ0n) is 9.64. The van der Waals surface area contributed by atoms with Gasteiger partial charge in [0.1, 0.15) is 0 Å². The lowest BCUT2D eigenvalue weighted by atomic mass is 10.1. The Bertz CT molecular complexity index is 401. The van der Waals surface area contributed by atoms with E-state index < -0.39 is 12.0 Å². The van der Waals surface area contributed by atoms with Crippen LogP contribution in [0.3, 0.4) is 0 Å². The lowest BCUT2D eigenvalue weighted by Crippen LogP contribution is -2.34. The Kier molecular flexibility index (Phi) is 4.66. The molecule has 4 N–H and O–H groups in total. The monoisotopic (exact) mass is 236 g/mol. The highest BCUT2D eigenvalue weighted by Gasteiger charge is 2.10. The van der Waals surface area contributed by atoms with Gasteiger partial charge < -0.3 is 16.2 Å². The van der Waals surface area contributed by atoms with E-state index in [2.05, 4.69) is 5.32 Å². The van der Waals surface area contributed by atoms with Crippen molar-refractivity contribution in [1.29, 1.82) is 0 Å². The zero-order chi connectivity index (χ0) is 12.8. The molecule has 0 heterocycles. The van der Waals surface area contributed by atoms with E-state index in [9.17, 15) is 9.59 Å². The van der Waals surface area contributed by atoms with Gasteiger partial charge in [-0.05, 0) is 24.1 Å². The number of amides is 1. The fraction of sp³-hybridized carbons (Fsp3) is 0.333. The second-order valence-electron chi connectivity index (χ2n) is 3.77. The van der Waals surface area contributed by atoms with E-state index in [4.69, 9.17) is 10.8 Å². The van der Waals surface area contributed by atoms with Gasteiger partial charge in [-0.25, -0.2) is 0 Å². The maximum absolute atomic E-state index is 11.5. The number of rotatable bonds is 5. The largest absolute Gasteiger partial charge is 0.481 e.